The van der Waals surface area contributed by atoms with Crippen LogP contribution in [0.25, 0.3) is 0 Å². The molecule has 0 aliphatic heterocycles. The van der Waals surface area contributed by atoms with Crippen molar-refractivity contribution in [3.05, 3.63) is 42.0 Å². The van der Waals surface area contributed by atoms with E-state index < -0.39 is 11.9 Å². The van der Waals surface area contributed by atoms with Crippen LogP contribution in [0.15, 0.2) is 30.5 Å². The Hall–Kier alpha value is -2.48. The fourth-order valence-corrected chi connectivity index (χ4v) is 1.66. The first-order valence-electron chi connectivity index (χ1n) is 5.92. The molecule has 8 heteroatoms. The Bertz CT molecular complexity index is 584. The van der Waals surface area contributed by atoms with Crippen molar-refractivity contribution in [3.63, 3.8) is 0 Å². The van der Waals surface area contributed by atoms with Crippen molar-refractivity contribution >= 4 is 11.6 Å². The highest BCUT2D eigenvalue weighted by Crippen LogP contribution is 2.17. The first-order valence-corrected chi connectivity index (χ1v) is 5.92. The third-order valence-corrected chi connectivity index (χ3v) is 2.62. The number of aliphatic hydroxyl groups is 1. The number of aromatic nitrogens is 3. The predicted molar refractivity (Wildman–Crippen MR) is 69.1 cm³/mol. The molecule has 0 saturated heterocycles. The summed E-state index contributed by atoms with van der Waals surface area (Å²) in [5.41, 5.74) is 6.19. The summed E-state index contributed by atoms with van der Waals surface area (Å²) in [5.74, 6) is -1.01. The number of aliphatic hydroxyl groups excluding tert-OH is 1. The molecule has 1 atom stereocenters. The summed E-state index contributed by atoms with van der Waals surface area (Å²) in [5, 5.41) is 19.3. The zero-order valence-corrected chi connectivity index (χ0v) is 10.5. The summed E-state index contributed by atoms with van der Waals surface area (Å²) < 4.78 is 14.2. The lowest BCUT2D eigenvalue weighted by molar-refractivity contribution is -0.118. The van der Waals surface area contributed by atoms with Crippen molar-refractivity contribution in [2.75, 3.05) is 11.9 Å². The maximum absolute atomic E-state index is 12.8. The van der Waals surface area contributed by atoms with Crippen LogP contribution < -0.4 is 11.1 Å². The standard InChI is InChI=1S/C12H14FN5O2/c13-8-1-3-9(4-2-8)15-11(12(14)20)10-7-18(5-6-19)17-16-10/h1-4,7,11,15,19H,5-6H2,(H2,14,20). The summed E-state index contributed by atoms with van der Waals surface area (Å²) >= 11 is 0. The monoisotopic (exact) mass is 279 g/mol. The number of carbonyl (C=O) groups excluding carboxylic acids is 1. The van der Waals surface area contributed by atoms with E-state index in [0.29, 0.717) is 11.4 Å². The third kappa shape index (κ3) is 3.29. The number of hydrogen-bond acceptors (Lipinski definition) is 5. The molecule has 2 rings (SSSR count). The number of amides is 1. The Morgan fingerprint density at radius 1 is 1.45 bits per heavy atom. The normalized spacial score (nSPS) is 12.1. The van der Waals surface area contributed by atoms with Gasteiger partial charge in [-0.05, 0) is 24.3 Å². The number of rotatable bonds is 6. The average Bonchev–Trinajstić information content (AvgIpc) is 2.86. The van der Waals surface area contributed by atoms with Crippen LogP contribution in [0.3, 0.4) is 0 Å². The van der Waals surface area contributed by atoms with Crippen LogP contribution in [0.4, 0.5) is 10.1 Å². The molecule has 1 aromatic carbocycles. The van der Waals surface area contributed by atoms with Gasteiger partial charge in [0.1, 0.15) is 11.5 Å². The Morgan fingerprint density at radius 2 is 2.15 bits per heavy atom. The number of anilines is 1. The van der Waals surface area contributed by atoms with Gasteiger partial charge < -0.3 is 16.2 Å². The highest BCUT2D eigenvalue weighted by atomic mass is 19.1. The third-order valence-electron chi connectivity index (χ3n) is 2.62. The van der Waals surface area contributed by atoms with Crippen molar-refractivity contribution in [1.29, 1.82) is 0 Å². The summed E-state index contributed by atoms with van der Waals surface area (Å²) in [6.07, 6.45) is 1.52. The van der Waals surface area contributed by atoms with Gasteiger partial charge in [-0.15, -0.1) is 5.10 Å². The second kappa shape index (κ2) is 6.11. The van der Waals surface area contributed by atoms with Gasteiger partial charge in [0.05, 0.1) is 19.3 Å². The Morgan fingerprint density at radius 3 is 2.75 bits per heavy atom. The summed E-state index contributed by atoms with van der Waals surface area (Å²) in [6.45, 7) is 0.185. The van der Waals surface area contributed by atoms with Crippen molar-refractivity contribution in [1.82, 2.24) is 15.0 Å². The second-order valence-corrected chi connectivity index (χ2v) is 4.12. The molecule has 106 valence electrons. The smallest absolute Gasteiger partial charge is 0.246 e. The van der Waals surface area contributed by atoms with E-state index >= 15 is 0 Å². The van der Waals surface area contributed by atoms with Gasteiger partial charge in [0, 0.05) is 5.69 Å². The van der Waals surface area contributed by atoms with E-state index in [1.54, 1.807) is 0 Å². The summed E-state index contributed by atoms with van der Waals surface area (Å²) in [4.78, 5) is 11.5. The maximum atomic E-state index is 12.8. The lowest BCUT2D eigenvalue weighted by Gasteiger charge is -2.13. The first kappa shape index (κ1) is 13.9. The van der Waals surface area contributed by atoms with Crippen LogP contribution in [0.2, 0.25) is 0 Å². The minimum atomic E-state index is -0.882. The highest BCUT2D eigenvalue weighted by Gasteiger charge is 2.21. The van der Waals surface area contributed by atoms with E-state index in [9.17, 15) is 9.18 Å². The number of primary amides is 1. The van der Waals surface area contributed by atoms with Crippen LogP contribution in [0, 0.1) is 5.82 Å². The summed E-state index contributed by atoms with van der Waals surface area (Å²) in [7, 11) is 0. The number of hydrogen-bond donors (Lipinski definition) is 3. The number of nitrogens with one attached hydrogen (secondary N) is 1. The highest BCUT2D eigenvalue weighted by molar-refractivity contribution is 5.83. The van der Waals surface area contributed by atoms with Gasteiger partial charge >= 0.3 is 0 Å². The minimum absolute atomic E-state index is 0.0879. The molecule has 2 aromatic rings. The van der Waals surface area contributed by atoms with Crippen molar-refractivity contribution < 1.29 is 14.3 Å². The molecule has 1 amide bonds. The Balaban J connectivity index is 2.17. The number of nitrogens with zero attached hydrogens (tertiary/aromatic N) is 3. The van der Waals surface area contributed by atoms with E-state index in [1.807, 2.05) is 0 Å². The summed E-state index contributed by atoms with van der Waals surface area (Å²) in [6, 6.07) is 4.63. The molecule has 1 unspecified atom stereocenters. The Kier molecular flexibility index (Phi) is 4.26. The zero-order valence-electron chi connectivity index (χ0n) is 10.5. The fraction of sp³-hybridized carbons (Fsp3) is 0.250. The molecular formula is C12H14FN5O2. The van der Waals surface area contributed by atoms with E-state index in [2.05, 4.69) is 15.6 Å². The largest absolute Gasteiger partial charge is 0.394 e. The van der Waals surface area contributed by atoms with Crippen LogP contribution in [-0.2, 0) is 11.3 Å². The Labute approximate surface area is 114 Å². The van der Waals surface area contributed by atoms with Crippen LogP contribution in [0.1, 0.15) is 11.7 Å². The topological polar surface area (TPSA) is 106 Å². The van der Waals surface area contributed by atoms with E-state index in [1.165, 1.54) is 35.1 Å². The molecule has 0 radical (unpaired) electrons. The quantitative estimate of drug-likeness (QED) is 0.692. The number of nitrogens with two attached hydrogens (primary N) is 1. The SMILES string of the molecule is NC(=O)C(Nc1ccc(F)cc1)c1cn(CCO)nn1. The molecule has 20 heavy (non-hydrogen) atoms. The van der Waals surface area contributed by atoms with Gasteiger partial charge in [-0.1, -0.05) is 5.21 Å². The molecule has 7 nitrogen and oxygen atoms in total. The predicted octanol–water partition coefficient (Wildman–Crippen LogP) is 0.0480. The minimum Gasteiger partial charge on any atom is -0.394 e. The second-order valence-electron chi connectivity index (χ2n) is 4.12. The van der Waals surface area contributed by atoms with Crippen LogP contribution >= 0.6 is 0 Å². The molecule has 0 spiro atoms. The van der Waals surface area contributed by atoms with E-state index in [0.717, 1.165) is 0 Å². The van der Waals surface area contributed by atoms with Gasteiger partial charge in [-0.25, -0.2) is 9.07 Å². The molecule has 4 N–H and O–H groups in total. The lowest BCUT2D eigenvalue weighted by atomic mass is 10.2. The first-order chi connectivity index (χ1) is 9.60. The molecule has 0 fully saturated rings. The van der Waals surface area contributed by atoms with Gasteiger partial charge in [0.15, 0.2) is 6.04 Å². The molecule has 0 aliphatic rings. The number of carbonyl (C=O) groups is 1. The van der Waals surface area contributed by atoms with Gasteiger partial charge in [0.25, 0.3) is 0 Å². The van der Waals surface area contributed by atoms with Crippen LogP contribution in [0.5, 0.6) is 0 Å². The van der Waals surface area contributed by atoms with E-state index in [-0.39, 0.29) is 19.0 Å². The zero-order chi connectivity index (χ0) is 14.5. The molecule has 0 aliphatic carbocycles. The fourth-order valence-electron chi connectivity index (χ4n) is 1.66. The molecule has 0 bridgehead atoms. The lowest BCUT2D eigenvalue weighted by Crippen LogP contribution is -2.28. The number of halogens is 1. The van der Waals surface area contributed by atoms with Gasteiger partial charge in [-0.3, -0.25) is 4.79 Å². The molecule has 1 heterocycles. The van der Waals surface area contributed by atoms with Crippen molar-refractivity contribution in [2.45, 2.75) is 12.6 Å². The van der Waals surface area contributed by atoms with Gasteiger partial charge in [0.2, 0.25) is 5.91 Å². The molecule has 1 aromatic heterocycles. The van der Waals surface area contributed by atoms with Crippen molar-refractivity contribution in [3.8, 4) is 0 Å². The van der Waals surface area contributed by atoms with E-state index in [4.69, 9.17) is 10.8 Å². The van der Waals surface area contributed by atoms with Crippen molar-refractivity contribution in [2.24, 2.45) is 5.73 Å². The number of benzene rings is 1. The average molecular weight is 279 g/mol. The maximum Gasteiger partial charge on any atom is 0.246 e. The molecule has 0 saturated carbocycles. The van der Waals surface area contributed by atoms with Crippen LogP contribution in [-0.4, -0.2) is 32.6 Å². The molecular weight excluding hydrogens is 265 g/mol. The van der Waals surface area contributed by atoms with Gasteiger partial charge in [-0.2, -0.15) is 0 Å².